The molecule has 1 unspecified atom stereocenters. The van der Waals surface area contributed by atoms with Gasteiger partial charge in [-0.1, -0.05) is 60.2 Å². The average Bonchev–Trinajstić information content (AvgIpc) is 3.12. The first kappa shape index (κ1) is 19.8. The summed E-state index contributed by atoms with van der Waals surface area (Å²) < 4.78 is 1.19. The Labute approximate surface area is 170 Å². The summed E-state index contributed by atoms with van der Waals surface area (Å²) in [6.45, 7) is 3.86. The van der Waals surface area contributed by atoms with Crippen LogP contribution in [0.25, 0.3) is 10.1 Å². The summed E-state index contributed by atoms with van der Waals surface area (Å²) in [5.41, 5.74) is 3.71. The zero-order chi connectivity index (χ0) is 17.9. The van der Waals surface area contributed by atoms with Gasteiger partial charge < -0.3 is 0 Å². The van der Waals surface area contributed by atoms with Crippen LogP contribution in [0.2, 0.25) is 0 Å². The Kier molecular flexibility index (Phi) is 6.48. The van der Waals surface area contributed by atoms with E-state index in [1.165, 1.54) is 15.8 Å². The maximum Gasteiger partial charge on any atom is 0.181 e. The van der Waals surface area contributed by atoms with Crippen LogP contribution in [-0.2, 0) is 6.42 Å². The van der Waals surface area contributed by atoms with Crippen molar-refractivity contribution >= 4 is 39.6 Å². The van der Waals surface area contributed by atoms with Crippen LogP contribution in [0, 0.1) is 0 Å². The SMILES string of the molecule is CC(C(=O)c1csc2ccccc12)N1CC=C(Cc2ccccc2)CC1.Cl. The third kappa shape index (κ3) is 4.32. The standard InChI is InChI=1S/C23H23NOS.ClH/c1-17(23(25)21-16-26-22-10-6-5-9-20(21)22)24-13-11-19(12-14-24)15-18-7-3-2-4-8-18;/h2-11,16-17H,12-15H2,1H3;1H. The predicted octanol–water partition coefficient (Wildman–Crippen LogP) is 5.77. The number of benzene rings is 2. The maximum atomic E-state index is 13.0. The first-order valence-corrected chi connectivity index (χ1v) is 10.1. The number of thiophene rings is 1. The van der Waals surface area contributed by atoms with Gasteiger partial charge in [-0.3, -0.25) is 9.69 Å². The molecular weight excluding hydrogens is 374 g/mol. The number of nitrogens with zero attached hydrogens (tertiary/aromatic N) is 1. The van der Waals surface area contributed by atoms with E-state index in [0.717, 1.165) is 36.9 Å². The number of hydrogen-bond acceptors (Lipinski definition) is 3. The smallest absolute Gasteiger partial charge is 0.181 e. The first-order chi connectivity index (χ1) is 12.7. The zero-order valence-electron chi connectivity index (χ0n) is 15.4. The van der Waals surface area contributed by atoms with Gasteiger partial charge >= 0.3 is 0 Å². The molecular formula is C23H24ClNOS. The Balaban J connectivity index is 0.00000210. The van der Waals surface area contributed by atoms with E-state index in [9.17, 15) is 4.79 Å². The Bertz CT molecular complexity index is 947. The summed E-state index contributed by atoms with van der Waals surface area (Å²) in [7, 11) is 0. The van der Waals surface area contributed by atoms with Gasteiger partial charge in [-0.2, -0.15) is 0 Å². The number of ketones is 1. The Morgan fingerprint density at radius 3 is 2.59 bits per heavy atom. The van der Waals surface area contributed by atoms with Crippen LogP contribution in [-0.4, -0.2) is 29.8 Å². The molecule has 1 atom stereocenters. The number of hydrogen-bond donors (Lipinski definition) is 0. The molecule has 0 aliphatic carbocycles. The monoisotopic (exact) mass is 397 g/mol. The molecule has 0 saturated heterocycles. The Morgan fingerprint density at radius 1 is 1.11 bits per heavy atom. The van der Waals surface area contributed by atoms with Gasteiger partial charge in [0, 0.05) is 34.1 Å². The average molecular weight is 398 g/mol. The molecule has 4 heteroatoms. The fourth-order valence-corrected chi connectivity index (χ4v) is 4.61. The molecule has 2 nitrogen and oxygen atoms in total. The minimum atomic E-state index is -0.0810. The van der Waals surface area contributed by atoms with E-state index in [2.05, 4.69) is 53.4 Å². The second-order valence-corrected chi connectivity index (χ2v) is 7.87. The van der Waals surface area contributed by atoms with E-state index >= 15 is 0 Å². The number of rotatable bonds is 5. The van der Waals surface area contributed by atoms with Crippen molar-refractivity contribution in [3.63, 3.8) is 0 Å². The zero-order valence-corrected chi connectivity index (χ0v) is 17.1. The number of carbonyl (C=O) groups excluding carboxylic acids is 1. The van der Waals surface area contributed by atoms with Crippen molar-refractivity contribution in [3.05, 3.63) is 82.8 Å². The molecule has 0 amide bonds. The lowest BCUT2D eigenvalue weighted by Crippen LogP contribution is -2.41. The molecule has 0 saturated carbocycles. The highest BCUT2D eigenvalue weighted by Gasteiger charge is 2.25. The van der Waals surface area contributed by atoms with Crippen LogP contribution >= 0.6 is 23.7 Å². The van der Waals surface area contributed by atoms with E-state index in [-0.39, 0.29) is 24.2 Å². The van der Waals surface area contributed by atoms with Crippen molar-refractivity contribution in [2.24, 2.45) is 0 Å². The van der Waals surface area contributed by atoms with Crippen LogP contribution in [0.1, 0.15) is 29.3 Å². The van der Waals surface area contributed by atoms with E-state index in [1.807, 2.05) is 24.4 Å². The summed E-state index contributed by atoms with van der Waals surface area (Å²) in [5, 5.41) is 3.11. The molecule has 1 aliphatic rings. The number of carbonyl (C=O) groups is 1. The first-order valence-electron chi connectivity index (χ1n) is 9.18. The third-order valence-corrected chi connectivity index (χ3v) is 6.25. The molecule has 0 radical (unpaired) electrons. The summed E-state index contributed by atoms with van der Waals surface area (Å²) in [5.74, 6) is 0.238. The predicted molar refractivity (Wildman–Crippen MR) is 117 cm³/mol. The van der Waals surface area contributed by atoms with E-state index in [4.69, 9.17) is 0 Å². The third-order valence-electron chi connectivity index (χ3n) is 5.28. The highest BCUT2D eigenvalue weighted by molar-refractivity contribution is 7.17. The van der Waals surface area contributed by atoms with Crippen LogP contribution in [0.5, 0.6) is 0 Å². The molecule has 1 aliphatic heterocycles. The van der Waals surface area contributed by atoms with Gasteiger partial charge in [-0.05, 0) is 31.4 Å². The summed E-state index contributed by atoms with van der Waals surface area (Å²) >= 11 is 1.66. The van der Waals surface area contributed by atoms with Gasteiger partial charge in [0.15, 0.2) is 5.78 Å². The van der Waals surface area contributed by atoms with Crippen LogP contribution < -0.4 is 0 Å². The topological polar surface area (TPSA) is 20.3 Å². The molecule has 2 aromatic carbocycles. The van der Waals surface area contributed by atoms with E-state index in [0.29, 0.717) is 0 Å². The Morgan fingerprint density at radius 2 is 1.85 bits per heavy atom. The van der Waals surface area contributed by atoms with Crippen LogP contribution in [0.3, 0.4) is 0 Å². The minimum Gasteiger partial charge on any atom is -0.292 e. The van der Waals surface area contributed by atoms with Crippen LogP contribution in [0.15, 0.2) is 71.6 Å². The lowest BCUT2D eigenvalue weighted by Gasteiger charge is -2.31. The number of Topliss-reactive ketones (excluding diaryl/α,β-unsaturated/α-hetero) is 1. The molecule has 3 aromatic rings. The van der Waals surface area contributed by atoms with E-state index < -0.39 is 0 Å². The normalized spacial score (nSPS) is 15.8. The van der Waals surface area contributed by atoms with Gasteiger partial charge in [0.1, 0.15) is 0 Å². The largest absolute Gasteiger partial charge is 0.292 e. The molecule has 0 fully saturated rings. The van der Waals surface area contributed by atoms with E-state index in [1.54, 1.807) is 11.3 Å². The quantitative estimate of drug-likeness (QED) is 0.402. The van der Waals surface area contributed by atoms with Gasteiger partial charge in [0.2, 0.25) is 0 Å². The number of fused-ring (bicyclic) bond motifs is 1. The molecule has 4 rings (SSSR count). The molecule has 27 heavy (non-hydrogen) atoms. The maximum absolute atomic E-state index is 13.0. The molecule has 0 bridgehead atoms. The van der Waals surface area contributed by atoms with Crippen molar-refractivity contribution in [1.82, 2.24) is 4.90 Å². The van der Waals surface area contributed by atoms with Crippen molar-refractivity contribution in [3.8, 4) is 0 Å². The second kappa shape index (κ2) is 8.83. The van der Waals surface area contributed by atoms with Crippen molar-refractivity contribution < 1.29 is 4.79 Å². The number of halogens is 1. The fraction of sp³-hybridized carbons (Fsp3) is 0.261. The van der Waals surface area contributed by atoms with Crippen LogP contribution in [0.4, 0.5) is 0 Å². The summed E-state index contributed by atoms with van der Waals surface area (Å²) in [6, 6.07) is 18.7. The van der Waals surface area contributed by atoms with Gasteiger partial charge in [0.05, 0.1) is 6.04 Å². The van der Waals surface area contributed by atoms with Crippen molar-refractivity contribution in [2.45, 2.75) is 25.8 Å². The molecule has 2 heterocycles. The molecule has 0 spiro atoms. The van der Waals surface area contributed by atoms with Gasteiger partial charge in [0.25, 0.3) is 0 Å². The molecule has 1 aromatic heterocycles. The lowest BCUT2D eigenvalue weighted by molar-refractivity contribution is 0.0850. The second-order valence-electron chi connectivity index (χ2n) is 6.96. The highest BCUT2D eigenvalue weighted by atomic mass is 35.5. The highest BCUT2D eigenvalue weighted by Crippen LogP contribution is 2.28. The van der Waals surface area contributed by atoms with Gasteiger partial charge in [-0.25, -0.2) is 0 Å². The van der Waals surface area contributed by atoms with Crippen molar-refractivity contribution in [1.29, 1.82) is 0 Å². The molecule has 0 N–H and O–H groups in total. The lowest BCUT2D eigenvalue weighted by atomic mass is 9.97. The van der Waals surface area contributed by atoms with Crippen molar-refractivity contribution in [2.75, 3.05) is 13.1 Å². The Hall–Kier alpha value is -1.94. The fourth-order valence-electron chi connectivity index (χ4n) is 3.66. The summed E-state index contributed by atoms with van der Waals surface area (Å²) in [6.07, 6.45) is 4.37. The minimum absolute atomic E-state index is 0. The summed E-state index contributed by atoms with van der Waals surface area (Å²) in [4.78, 5) is 15.3. The van der Waals surface area contributed by atoms with Gasteiger partial charge in [-0.15, -0.1) is 23.7 Å². The molecule has 140 valence electrons.